The van der Waals surface area contributed by atoms with E-state index in [1.807, 2.05) is 0 Å². The zero-order chi connectivity index (χ0) is 28.3. The van der Waals surface area contributed by atoms with Gasteiger partial charge >= 0.3 is 34.1 Å². The van der Waals surface area contributed by atoms with Crippen LogP contribution in [0.4, 0.5) is 0 Å². The van der Waals surface area contributed by atoms with Gasteiger partial charge < -0.3 is 14.2 Å². The number of allylic oxidation sites excluding steroid dienone is 3. The molecule has 2 aromatic heterocycles. The van der Waals surface area contributed by atoms with Crippen molar-refractivity contribution in [2.75, 3.05) is 19.8 Å². The summed E-state index contributed by atoms with van der Waals surface area (Å²) < 4.78 is 21.3. The first-order chi connectivity index (χ1) is 18.7. The molecule has 0 radical (unpaired) electrons. The van der Waals surface area contributed by atoms with Gasteiger partial charge in [0.15, 0.2) is 0 Å². The first-order valence-corrected chi connectivity index (χ1v) is 12.3. The quantitative estimate of drug-likeness (QED) is 0.200. The summed E-state index contributed by atoms with van der Waals surface area (Å²) in [5, 5.41) is 0. The van der Waals surface area contributed by atoms with Gasteiger partial charge in [-0.05, 0) is 0 Å². The van der Waals surface area contributed by atoms with E-state index in [0.29, 0.717) is 19.8 Å². The standard InChI is InChI=1S/C12H15N3O6.C12H15N3O3/c16-10-13(1-7-4-19-7)11(17)15(3-9-6-21-9)12(18)14(10)2-8-5-20-8;1-4-7-13-10(16)14(8-5-2)12(18)15(9-6-3)11(13)17/h7-9H,1-6H2;4-6H,1-3,7-9H2. The molecule has 5 rings (SSSR count). The Kier molecular flexibility index (Phi) is 8.42. The van der Waals surface area contributed by atoms with Crippen LogP contribution in [0.25, 0.3) is 0 Å². The third kappa shape index (κ3) is 6.32. The lowest BCUT2D eigenvalue weighted by Gasteiger charge is -2.12. The Morgan fingerprint density at radius 3 is 0.872 bits per heavy atom. The highest BCUT2D eigenvalue weighted by Gasteiger charge is 2.31. The molecule has 3 aliphatic rings. The van der Waals surface area contributed by atoms with Crippen molar-refractivity contribution in [2.24, 2.45) is 0 Å². The van der Waals surface area contributed by atoms with E-state index < -0.39 is 34.1 Å². The molecule has 15 heteroatoms. The highest BCUT2D eigenvalue weighted by atomic mass is 16.6. The molecule has 3 aliphatic heterocycles. The molecular formula is C24H30N6O9. The molecule has 0 N–H and O–H groups in total. The largest absolute Gasteiger partial charge is 0.371 e. The maximum Gasteiger partial charge on any atom is 0.336 e. The summed E-state index contributed by atoms with van der Waals surface area (Å²) in [7, 11) is 0. The zero-order valence-electron chi connectivity index (χ0n) is 21.3. The first-order valence-electron chi connectivity index (χ1n) is 12.3. The molecule has 0 spiro atoms. The van der Waals surface area contributed by atoms with Crippen LogP contribution in [0.5, 0.6) is 0 Å². The monoisotopic (exact) mass is 546 g/mol. The minimum atomic E-state index is -0.662. The fourth-order valence-electron chi connectivity index (χ4n) is 3.82. The number of aromatic nitrogens is 6. The molecule has 0 aliphatic carbocycles. The second-order valence-electron chi connectivity index (χ2n) is 9.09. The molecule has 39 heavy (non-hydrogen) atoms. The lowest BCUT2D eigenvalue weighted by Crippen LogP contribution is -2.55. The maximum absolute atomic E-state index is 12.4. The van der Waals surface area contributed by atoms with Gasteiger partial charge in [-0.15, -0.1) is 19.7 Å². The van der Waals surface area contributed by atoms with Crippen molar-refractivity contribution < 1.29 is 14.2 Å². The van der Waals surface area contributed by atoms with Crippen LogP contribution in [0.2, 0.25) is 0 Å². The predicted molar refractivity (Wildman–Crippen MR) is 138 cm³/mol. The molecule has 3 atom stereocenters. The van der Waals surface area contributed by atoms with E-state index in [1.54, 1.807) is 0 Å². The van der Waals surface area contributed by atoms with Gasteiger partial charge in [0.1, 0.15) is 0 Å². The maximum atomic E-state index is 12.4. The van der Waals surface area contributed by atoms with Gasteiger partial charge in [-0.1, -0.05) is 18.2 Å². The van der Waals surface area contributed by atoms with Crippen LogP contribution in [0, 0.1) is 0 Å². The van der Waals surface area contributed by atoms with Gasteiger partial charge in [-0.2, -0.15) is 0 Å². The SMILES string of the molecule is C=CCn1c(=O)n(CC=C)c(=O)n(CC=C)c1=O.O=c1n(CC2CO2)c(=O)n(CC2CO2)c(=O)n1CC1CO1. The summed E-state index contributed by atoms with van der Waals surface area (Å²) >= 11 is 0. The third-order valence-electron chi connectivity index (χ3n) is 6.07. The van der Waals surface area contributed by atoms with Crippen molar-refractivity contribution in [3.8, 4) is 0 Å². The van der Waals surface area contributed by atoms with E-state index in [2.05, 4.69) is 19.7 Å². The van der Waals surface area contributed by atoms with Gasteiger partial charge in [0.25, 0.3) is 0 Å². The summed E-state index contributed by atoms with van der Waals surface area (Å²) in [5.74, 6) is 0. The van der Waals surface area contributed by atoms with Crippen molar-refractivity contribution in [1.29, 1.82) is 0 Å². The van der Waals surface area contributed by atoms with Gasteiger partial charge in [-0.3, -0.25) is 0 Å². The number of rotatable bonds is 12. The Hall–Kier alpha value is -4.08. The summed E-state index contributed by atoms with van der Waals surface area (Å²) in [4.78, 5) is 72.9. The van der Waals surface area contributed by atoms with Gasteiger partial charge in [-0.25, -0.2) is 56.2 Å². The number of ether oxygens (including phenoxy) is 3. The van der Waals surface area contributed by atoms with Crippen LogP contribution < -0.4 is 34.1 Å². The van der Waals surface area contributed by atoms with E-state index in [-0.39, 0.29) is 57.6 Å². The van der Waals surface area contributed by atoms with E-state index in [1.165, 1.54) is 18.2 Å². The minimum absolute atomic E-state index is 0.0478. The average molecular weight is 547 g/mol. The highest BCUT2D eigenvalue weighted by Crippen LogP contribution is 2.12. The Labute approximate surface area is 220 Å². The average Bonchev–Trinajstić information content (AvgIpc) is 3.74. The molecular weight excluding hydrogens is 516 g/mol. The summed E-state index contributed by atoms with van der Waals surface area (Å²) in [6, 6.07) is 0. The lowest BCUT2D eigenvalue weighted by molar-refractivity contribution is 0.327. The Morgan fingerprint density at radius 1 is 0.487 bits per heavy atom. The number of hydrogen-bond donors (Lipinski definition) is 0. The molecule has 210 valence electrons. The fraction of sp³-hybridized carbons (Fsp3) is 0.500. The molecule has 0 bridgehead atoms. The van der Waals surface area contributed by atoms with E-state index in [0.717, 1.165) is 27.4 Å². The topological polar surface area (TPSA) is 170 Å². The molecule has 2 aromatic rings. The summed E-state index contributed by atoms with van der Waals surface area (Å²) in [6.45, 7) is 12.7. The Bertz CT molecular complexity index is 1370. The first kappa shape index (κ1) is 27.9. The lowest BCUT2D eigenvalue weighted by atomic mass is 10.4. The minimum Gasteiger partial charge on any atom is -0.371 e. The third-order valence-corrected chi connectivity index (χ3v) is 6.07. The highest BCUT2D eigenvalue weighted by molar-refractivity contribution is 4.88. The zero-order valence-corrected chi connectivity index (χ0v) is 21.3. The van der Waals surface area contributed by atoms with Crippen LogP contribution >= 0.6 is 0 Å². The van der Waals surface area contributed by atoms with Gasteiger partial charge in [0.2, 0.25) is 0 Å². The number of hydrogen-bond acceptors (Lipinski definition) is 9. The number of nitrogens with zero attached hydrogens (tertiary/aromatic N) is 6. The smallest absolute Gasteiger partial charge is 0.336 e. The van der Waals surface area contributed by atoms with Crippen molar-refractivity contribution in [2.45, 2.75) is 57.6 Å². The molecule has 3 saturated heterocycles. The van der Waals surface area contributed by atoms with Crippen molar-refractivity contribution in [3.05, 3.63) is 101 Å². The summed E-state index contributed by atoms with van der Waals surface area (Å²) in [6.07, 6.45) is 3.90. The van der Waals surface area contributed by atoms with Crippen molar-refractivity contribution in [3.63, 3.8) is 0 Å². The molecule has 15 nitrogen and oxygen atoms in total. The van der Waals surface area contributed by atoms with E-state index >= 15 is 0 Å². The molecule has 0 amide bonds. The molecule has 0 aromatic carbocycles. The van der Waals surface area contributed by atoms with Gasteiger partial charge in [0.05, 0.1) is 77.4 Å². The molecule has 0 saturated carbocycles. The van der Waals surface area contributed by atoms with Gasteiger partial charge in [0, 0.05) is 0 Å². The normalized spacial score (nSPS) is 20.5. The fourth-order valence-corrected chi connectivity index (χ4v) is 3.82. The van der Waals surface area contributed by atoms with E-state index in [9.17, 15) is 28.8 Å². The van der Waals surface area contributed by atoms with Crippen LogP contribution in [0.1, 0.15) is 0 Å². The Balaban J connectivity index is 0.000000184. The number of epoxide rings is 3. The van der Waals surface area contributed by atoms with Crippen LogP contribution in [0.3, 0.4) is 0 Å². The molecule has 3 unspecified atom stereocenters. The summed E-state index contributed by atoms with van der Waals surface area (Å²) in [5.41, 5.74) is -3.77. The second kappa shape index (κ2) is 11.8. The van der Waals surface area contributed by atoms with Crippen LogP contribution in [0.15, 0.2) is 66.7 Å². The molecule has 5 heterocycles. The van der Waals surface area contributed by atoms with Crippen molar-refractivity contribution in [1.82, 2.24) is 27.4 Å². The predicted octanol–water partition coefficient (Wildman–Crippen LogP) is -2.90. The van der Waals surface area contributed by atoms with Crippen molar-refractivity contribution >= 4 is 0 Å². The molecule has 3 fully saturated rings. The van der Waals surface area contributed by atoms with Crippen LogP contribution in [-0.4, -0.2) is 65.5 Å². The van der Waals surface area contributed by atoms with E-state index in [4.69, 9.17) is 14.2 Å². The second-order valence-corrected chi connectivity index (χ2v) is 9.09. The Morgan fingerprint density at radius 2 is 0.692 bits per heavy atom. The van der Waals surface area contributed by atoms with Crippen LogP contribution in [-0.2, 0) is 53.5 Å².